The van der Waals surface area contributed by atoms with E-state index in [9.17, 15) is 8.78 Å². The first-order valence-electron chi connectivity index (χ1n) is 10.2. The van der Waals surface area contributed by atoms with Crippen molar-refractivity contribution in [1.82, 2.24) is 10.6 Å². The van der Waals surface area contributed by atoms with Crippen LogP contribution in [0.4, 0.5) is 8.78 Å². The molecule has 30 heavy (non-hydrogen) atoms. The fourth-order valence-corrected chi connectivity index (χ4v) is 3.69. The van der Waals surface area contributed by atoms with E-state index in [1.165, 1.54) is 18.2 Å². The third-order valence-electron chi connectivity index (χ3n) is 5.39. The summed E-state index contributed by atoms with van der Waals surface area (Å²) in [7, 11) is 0. The van der Waals surface area contributed by atoms with Gasteiger partial charge in [0.1, 0.15) is 11.6 Å². The van der Waals surface area contributed by atoms with E-state index in [4.69, 9.17) is 9.73 Å². The van der Waals surface area contributed by atoms with Gasteiger partial charge in [-0.3, -0.25) is 4.99 Å². The fourth-order valence-electron chi connectivity index (χ4n) is 3.69. The Hall–Kier alpha value is -1.74. The molecule has 2 N–H and O–H groups in total. The van der Waals surface area contributed by atoms with Gasteiger partial charge in [0.05, 0.1) is 6.54 Å². The van der Waals surface area contributed by atoms with Gasteiger partial charge in [-0.05, 0) is 61.6 Å². The van der Waals surface area contributed by atoms with Gasteiger partial charge in [0.25, 0.3) is 0 Å². The van der Waals surface area contributed by atoms with Crippen molar-refractivity contribution in [3.63, 3.8) is 0 Å². The maximum absolute atomic E-state index is 13.4. The highest BCUT2D eigenvalue weighted by Crippen LogP contribution is 2.35. The van der Waals surface area contributed by atoms with Gasteiger partial charge in [-0.15, -0.1) is 24.0 Å². The molecule has 1 aliphatic heterocycles. The van der Waals surface area contributed by atoms with Gasteiger partial charge in [-0.1, -0.05) is 24.3 Å². The Balaban J connectivity index is 0.00000320. The van der Waals surface area contributed by atoms with Crippen molar-refractivity contribution < 1.29 is 13.5 Å². The average Bonchev–Trinajstić information content (AvgIpc) is 2.73. The first kappa shape index (κ1) is 24.5. The van der Waals surface area contributed by atoms with Crippen molar-refractivity contribution in [2.75, 3.05) is 32.8 Å². The zero-order chi connectivity index (χ0) is 20.5. The second kappa shape index (κ2) is 12.2. The number of rotatable bonds is 7. The molecule has 1 aliphatic rings. The van der Waals surface area contributed by atoms with Gasteiger partial charge >= 0.3 is 0 Å². The molecule has 4 nitrogen and oxygen atoms in total. The summed E-state index contributed by atoms with van der Waals surface area (Å²) in [5, 5.41) is 6.60. The summed E-state index contributed by atoms with van der Waals surface area (Å²) < 4.78 is 32.3. The van der Waals surface area contributed by atoms with Crippen molar-refractivity contribution in [3.8, 4) is 0 Å². The number of hydrogen-bond donors (Lipinski definition) is 2. The Labute approximate surface area is 194 Å². The molecule has 0 radical (unpaired) electrons. The van der Waals surface area contributed by atoms with E-state index in [0.29, 0.717) is 32.7 Å². The third-order valence-corrected chi connectivity index (χ3v) is 5.39. The summed E-state index contributed by atoms with van der Waals surface area (Å²) in [6, 6.07) is 13.4. The summed E-state index contributed by atoms with van der Waals surface area (Å²) >= 11 is 0. The fraction of sp³-hybridized carbons (Fsp3) is 0.435. The number of guanidine groups is 1. The molecule has 164 valence electrons. The van der Waals surface area contributed by atoms with Crippen LogP contribution in [0.15, 0.2) is 53.5 Å². The Bertz CT molecular complexity index is 808. The van der Waals surface area contributed by atoms with Crippen LogP contribution in [0.1, 0.15) is 30.9 Å². The maximum atomic E-state index is 13.4. The third kappa shape index (κ3) is 6.91. The molecule has 1 fully saturated rings. The predicted molar refractivity (Wildman–Crippen MR) is 128 cm³/mol. The topological polar surface area (TPSA) is 45.7 Å². The van der Waals surface area contributed by atoms with E-state index in [-0.39, 0.29) is 41.0 Å². The van der Waals surface area contributed by atoms with E-state index in [1.807, 2.05) is 25.1 Å². The minimum Gasteiger partial charge on any atom is -0.381 e. The molecule has 2 aromatic rings. The Morgan fingerprint density at radius 3 is 2.43 bits per heavy atom. The summed E-state index contributed by atoms with van der Waals surface area (Å²) in [5.74, 6) is 0.285. The molecule has 0 unspecified atom stereocenters. The first-order valence-corrected chi connectivity index (χ1v) is 10.2. The SMILES string of the molecule is CCNC(=NCC1(c2ccc(F)cc2)CCOCC1)NCCc1cccc(F)c1.I. The molecular weight excluding hydrogens is 499 g/mol. The second-order valence-electron chi connectivity index (χ2n) is 7.40. The maximum Gasteiger partial charge on any atom is 0.191 e. The molecule has 0 amide bonds. The summed E-state index contributed by atoms with van der Waals surface area (Å²) in [6.45, 7) is 5.37. The lowest BCUT2D eigenvalue weighted by Crippen LogP contribution is -2.41. The molecule has 0 saturated carbocycles. The summed E-state index contributed by atoms with van der Waals surface area (Å²) in [4.78, 5) is 4.83. The molecule has 1 saturated heterocycles. The summed E-state index contributed by atoms with van der Waals surface area (Å²) in [5.41, 5.74) is 1.89. The van der Waals surface area contributed by atoms with Gasteiger partial charge in [-0.25, -0.2) is 8.78 Å². The van der Waals surface area contributed by atoms with Gasteiger partial charge < -0.3 is 15.4 Å². The number of nitrogens with one attached hydrogen (secondary N) is 2. The van der Waals surface area contributed by atoms with Crippen molar-refractivity contribution >= 4 is 29.9 Å². The molecule has 0 atom stereocenters. The molecule has 0 bridgehead atoms. The minimum atomic E-state index is -0.230. The molecule has 3 rings (SSSR count). The number of halogens is 3. The van der Waals surface area contributed by atoms with Crippen molar-refractivity contribution in [1.29, 1.82) is 0 Å². The van der Waals surface area contributed by atoms with Crippen LogP contribution in [-0.4, -0.2) is 38.8 Å². The standard InChI is InChI=1S/C23H29F2N3O.HI/c1-2-26-22(27-13-10-18-4-3-5-21(25)16-18)28-17-23(11-14-29-15-12-23)19-6-8-20(24)9-7-19;/h3-9,16H,2,10-15,17H2,1H3,(H2,26,27,28);1H. The molecule has 7 heteroatoms. The first-order chi connectivity index (χ1) is 14.1. The van der Waals surface area contributed by atoms with Crippen LogP contribution in [0.25, 0.3) is 0 Å². The molecule has 0 spiro atoms. The summed E-state index contributed by atoms with van der Waals surface area (Å²) in [6.07, 6.45) is 2.41. The quantitative estimate of drug-likeness (QED) is 0.317. The van der Waals surface area contributed by atoms with E-state index in [2.05, 4.69) is 10.6 Å². The molecule has 2 aromatic carbocycles. The highest BCUT2D eigenvalue weighted by molar-refractivity contribution is 14.0. The van der Waals surface area contributed by atoms with E-state index < -0.39 is 0 Å². The average molecular weight is 529 g/mol. The number of nitrogens with zero attached hydrogens (tertiary/aromatic N) is 1. The van der Waals surface area contributed by atoms with Gasteiger partial charge in [0.15, 0.2) is 5.96 Å². The van der Waals surface area contributed by atoms with E-state index in [1.54, 1.807) is 12.1 Å². The van der Waals surface area contributed by atoms with Crippen LogP contribution >= 0.6 is 24.0 Å². The van der Waals surface area contributed by atoms with Crippen LogP contribution in [0, 0.1) is 11.6 Å². The number of hydrogen-bond acceptors (Lipinski definition) is 2. The van der Waals surface area contributed by atoms with Crippen LogP contribution in [0.5, 0.6) is 0 Å². The minimum absolute atomic E-state index is 0. The largest absolute Gasteiger partial charge is 0.381 e. The van der Waals surface area contributed by atoms with Crippen molar-refractivity contribution in [3.05, 3.63) is 71.3 Å². The highest BCUT2D eigenvalue weighted by atomic mass is 127. The van der Waals surface area contributed by atoms with E-state index in [0.717, 1.165) is 36.5 Å². The van der Waals surface area contributed by atoms with Crippen LogP contribution < -0.4 is 10.6 Å². The molecule has 0 aliphatic carbocycles. The zero-order valence-electron chi connectivity index (χ0n) is 17.3. The van der Waals surface area contributed by atoms with Gasteiger partial charge in [0, 0.05) is 31.7 Å². The predicted octanol–water partition coefficient (Wildman–Crippen LogP) is 4.43. The normalized spacial score (nSPS) is 15.9. The number of benzene rings is 2. The molecule has 1 heterocycles. The van der Waals surface area contributed by atoms with Crippen LogP contribution in [0.3, 0.4) is 0 Å². The van der Waals surface area contributed by atoms with Crippen molar-refractivity contribution in [2.45, 2.75) is 31.6 Å². The van der Waals surface area contributed by atoms with Crippen LogP contribution in [0.2, 0.25) is 0 Å². The monoisotopic (exact) mass is 529 g/mol. The van der Waals surface area contributed by atoms with E-state index >= 15 is 0 Å². The lowest BCUT2D eigenvalue weighted by molar-refractivity contribution is 0.0531. The van der Waals surface area contributed by atoms with Crippen LogP contribution in [-0.2, 0) is 16.6 Å². The van der Waals surface area contributed by atoms with Gasteiger partial charge in [0.2, 0.25) is 0 Å². The Morgan fingerprint density at radius 1 is 1.03 bits per heavy atom. The highest BCUT2D eigenvalue weighted by Gasteiger charge is 2.34. The number of ether oxygens (including phenoxy) is 1. The Morgan fingerprint density at radius 2 is 1.77 bits per heavy atom. The van der Waals surface area contributed by atoms with Gasteiger partial charge in [-0.2, -0.15) is 0 Å². The van der Waals surface area contributed by atoms with Crippen molar-refractivity contribution in [2.24, 2.45) is 4.99 Å². The Kier molecular flexibility index (Phi) is 9.97. The lowest BCUT2D eigenvalue weighted by Gasteiger charge is -2.36. The zero-order valence-corrected chi connectivity index (χ0v) is 19.6. The number of aliphatic imine (C=N–C) groups is 1. The smallest absolute Gasteiger partial charge is 0.191 e. The lowest BCUT2D eigenvalue weighted by atomic mass is 9.74. The molecular formula is C23H30F2IN3O. The second-order valence-corrected chi connectivity index (χ2v) is 7.40. The molecule has 0 aromatic heterocycles.